The zero-order valence-corrected chi connectivity index (χ0v) is 8.44. The molecule has 0 spiro atoms. The number of rotatable bonds is 5. The molecule has 15 heavy (non-hydrogen) atoms. The molecule has 1 fully saturated rings. The summed E-state index contributed by atoms with van der Waals surface area (Å²) in [6.07, 6.45) is 0. The predicted octanol–water partition coefficient (Wildman–Crippen LogP) is -0.783. The van der Waals surface area contributed by atoms with Gasteiger partial charge < -0.3 is 15.5 Å². The molecule has 0 aliphatic carbocycles. The number of nitrogens with two attached hydrogens (primary N) is 1. The van der Waals surface area contributed by atoms with Gasteiger partial charge in [0.2, 0.25) is 5.91 Å². The van der Waals surface area contributed by atoms with E-state index < -0.39 is 17.0 Å². The van der Waals surface area contributed by atoms with E-state index in [1.165, 1.54) is 4.90 Å². The zero-order chi connectivity index (χ0) is 11.4. The van der Waals surface area contributed by atoms with Crippen LogP contribution in [0.15, 0.2) is 0 Å². The highest BCUT2D eigenvalue weighted by atomic mass is 32.2. The second kappa shape index (κ2) is 4.82. The Labute approximate surface area is 88.8 Å². The van der Waals surface area contributed by atoms with Crippen LogP contribution in [0, 0.1) is 10.1 Å². The average Bonchev–Trinajstić information content (AvgIpc) is 2.47. The molecule has 0 bridgehead atoms. The van der Waals surface area contributed by atoms with Crippen LogP contribution in [-0.2, 0) is 9.63 Å². The Bertz CT molecular complexity index is 296. The van der Waals surface area contributed by atoms with Crippen LogP contribution in [-0.4, -0.2) is 46.1 Å². The van der Waals surface area contributed by atoms with Crippen LogP contribution >= 0.6 is 11.8 Å². The Hall–Kier alpha value is -1.51. The maximum atomic E-state index is 11.2. The Morgan fingerprint density at radius 1 is 1.80 bits per heavy atom. The lowest BCUT2D eigenvalue weighted by Gasteiger charge is -2.20. The number of primary amides is 1. The van der Waals surface area contributed by atoms with Gasteiger partial charge in [-0.25, -0.2) is 0 Å². The van der Waals surface area contributed by atoms with Crippen molar-refractivity contribution in [2.75, 3.05) is 18.9 Å². The minimum Gasteiger partial charge on any atom is -0.368 e. The van der Waals surface area contributed by atoms with Crippen molar-refractivity contribution in [2.24, 2.45) is 5.73 Å². The zero-order valence-electron chi connectivity index (χ0n) is 7.62. The number of hydrogen-bond acceptors (Lipinski definition) is 6. The molecule has 1 saturated heterocycles. The largest absolute Gasteiger partial charge is 0.368 e. The molecule has 0 aromatic carbocycles. The highest BCUT2D eigenvalue weighted by Crippen LogP contribution is 2.23. The first-order valence-electron chi connectivity index (χ1n) is 4.02. The normalized spacial score (nSPS) is 20.4. The van der Waals surface area contributed by atoms with Crippen LogP contribution in [0.25, 0.3) is 0 Å². The summed E-state index contributed by atoms with van der Waals surface area (Å²) in [5.74, 6) is -0.332. The van der Waals surface area contributed by atoms with Crippen molar-refractivity contribution in [1.82, 2.24) is 4.90 Å². The molecule has 0 radical (unpaired) electrons. The molecule has 2 amide bonds. The number of carbonyl (C=O) groups excluding carboxylic acids is 2. The number of amides is 2. The van der Waals surface area contributed by atoms with E-state index in [1.54, 1.807) is 0 Å². The summed E-state index contributed by atoms with van der Waals surface area (Å²) in [5, 5.41) is 8.59. The van der Waals surface area contributed by atoms with Gasteiger partial charge in [0, 0.05) is 12.3 Å². The summed E-state index contributed by atoms with van der Waals surface area (Å²) in [7, 11) is 0. The van der Waals surface area contributed by atoms with Crippen LogP contribution in [0.1, 0.15) is 0 Å². The van der Waals surface area contributed by atoms with Crippen molar-refractivity contribution in [1.29, 1.82) is 0 Å². The van der Waals surface area contributed by atoms with Crippen molar-refractivity contribution in [2.45, 2.75) is 6.04 Å². The molecule has 1 aliphatic heterocycles. The van der Waals surface area contributed by atoms with Crippen molar-refractivity contribution in [3.8, 4) is 0 Å². The second-order valence-electron chi connectivity index (χ2n) is 2.75. The molecule has 9 heteroatoms. The molecule has 0 aromatic rings. The standard InChI is InChI=1S/C6H9N3O5S/c7-5(10)4-3-15-6(11)8(4)1-2-14-9(12)13/h4H,1-3H2,(H2,7,10)/t4-/m0/s1. The summed E-state index contributed by atoms with van der Waals surface area (Å²) < 4.78 is 0. The molecule has 0 unspecified atom stereocenters. The predicted molar refractivity (Wildman–Crippen MR) is 50.5 cm³/mol. The molecule has 1 aliphatic rings. The van der Waals surface area contributed by atoms with Crippen LogP contribution < -0.4 is 5.73 Å². The molecular formula is C6H9N3O5S. The Kier molecular flexibility index (Phi) is 3.72. The lowest BCUT2D eigenvalue weighted by atomic mass is 10.3. The van der Waals surface area contributed by atoms with E-state index in [4.69, 9.17) is 5.73 Å². The Morgan fingerprint density at radius 2 is 2.47 bits per heavy atom. The summed E-state index contributed by atoms with van der Waals surface area (Å²) in [6.45, 7) is -0.274. The Morgan fingerprint density at radius 3 is 3.00 bits per heavy atom. The van der Waals surface area contributed by atoms with Gasteiger partial charge in [-0.05, 0) is 0 Å². The van der Waals surface area contributed by atoms with Gasteiger partial charge in [0.15, 0.2) is 0 Å². The number of carbonyl (C=O) groups is 2. The molecular weight excluding hydrogens is 226 g/mol. The van der Waals surface area contributed by atoms with Gasteiger partial charge in [0.25, 0.3) is 10.3 Å². The molecule has 0 saturated carbocycles. The van der Waals surface area contributed by atoms with Gasteiger partial charge >= 0.3 is 0 Å². The topological polar surface area (TPSA) is 116 Å². The molecule has 8 nitrogen and oxygen atoms in total. The maximum absolute atomic E-state index is 11.2. The smallest absolute Gasteiger partial charge is 0.294 e. The molecule has 1 rings (SSSR count). The van der Waals surface area contributed by atoms with Gasteiger partial charge in [0.1, 0.15) is 12.6 Å². The highest BCUT2D eigenvalue weighted by Gasteiger charge is 2.35. The van der Waals surface area contributed by atoms with Gasteiger partial charge in [-0.3, -0.25) is 9.59 Å². The molecule has 0 aromatic heterocycles. The van der Waals surface area contributed by atoms with Crippen molar-refractivity contribution >= 4 is 22.9 Å². The summed E-state index contributed by atoms with van der Waals surface area (Å²) in [5.41, 5.74) is 5.06. The monoisotopic (exact) mass is 235 g/mol. The molecule has 1 heterocycles. The third kappa shape index (κ3) is 2.98. The fourth-order valence-corrected chi connectivity index (χ4v) is 2.18. The number of nitrogens with zero attached hydrogens (tertiary/aromatic N) is 2. The minimum atomic E-state index is -0.951. The summed E-state index contributed by atoms with van der Waals surface area (Å²) in [4.78, 5) is 37.2. The summed E-state index contributed by atoms with van der Waals surface area (Å²) >= 11 is 0.961. The average molecular weight is 235 g/mol. The second-order valence-corrected chi connectivity index (χ2v) is 3.72. The lowest BCUT2D eigenvalue weighted by Crippen LogP contribution is -2.44. The first-order chi connectivity index (χ1) is 7.02. The van der Waals surface area contributed by atoms with Crippen LogP contribution in [0.4, 0.5) is 4.79 Å². The van der Waals surface area contributed by atoms with Gasteiger partial charge in [-0.1, -0.05) is 11.8 Å². The third-order valence-electron chi connectivity index (χ3n) is 1.83. The van der Waals surface area contributed by atoms with Crippen LogP contribution in [0.3, 0.4) is 0 Å². The van der Waals surface area contributed by atoms with E-state index in [9.17, 15) is 19.7 Å². The Balaban J connectivity index is 2.46. The maximum Gasteiger partial charge on any atom is 0.294 e. The fourth-order valence-electron chi connectivity index (χ4n) is 1.15. The number of thioether (sulfide) groups is 1. The minimum absolute atomic E-state index is 0.0135. The third-order valence-corrected chi connectivity index (χ3v) is 2.80. The van der Waals surface area contributed by atoms with E-state index in [0.29, 0.717) is 0 Å². The van der Waals surface area contributed by atoms with E-state index >= 15 is 0 Å². The summed E-state index contributed by atoms with van der Waals surface area (Å²) in [6, 6.07) is -0.696. The highest BCUT2D eigenvalue weighted by molar-refractivity contribution is 8.13. The lowest BCUT2D eigenvalue weighted by molar-refractivity contribution is -0.757. The van der Waals surface area contributed by atoms with Gasteiger partial charge in [-0.2, -0.15) is 0 Å². The molecule has 84 valence electrons. The first kappa shape index (κ1) is 11.6. The SMILES string of the molecule is NC(=O)[C@@H]1CSC(=O)N1CCO[N+](=O)[O-]. The van der Waals surface area contributed by atoms with Gasteiger partial charge in [0.05, 0.1) is 0 Å². The molecule has 1 atom stereocenters. The van der Waals surface area contributed by atoms with Gasteiger partial charge in [-0.15, -0.1) is 10.1 Å². The van der Waals surface area contributed by atoms with E-state index in [0.717, 1.165) is 11.8 Å². The van der Waals surface area contributed by atoms with Crippen molar-refractivity contribution in [3.05, 3.63) is 10.1 Å². The van der Waals surface area contributed by atoms with Crippen LogP contribution in [0.5, 0.6) is 0 Å². The number of hydrogen-bond donors (Lipinski definition) is 1. The fraction of sp³-hybridized carbons (Fsp3) is 0.667. The van der Waals surface area contributed by atoms with E-state index in [-0.39, 0.29) is 24.1 Å². The van der Waals surface area contributed by atoms with Crippen LogP contribution in [0.2, 0.25) is 0 Å². The van der Waals surface area contributed by atoms with Crippen molar-refractivity contribution in [3.63, 3.8) is 0 Å². The van der Waals surface area contributed by atoms with E-state index in [1.807, 2.05) is 0 Å². The molecule has 2 N–H and O–H groups in total. The van der Waals surface area contributed by atoms with Crippen molar-refractivity contribution < 1.29 is 19.5 Å². The first-order valence-corrected chi connectivity index (χ1v) is 5.01. The quantitative estimate of drug-likeness (QED) is 0.493. The van der Waals surface area contributed by atoms with E-state index in [2.05, 4.69) is 4.84 Å².